The first-order valence-corrected chi connectivity index (χ1v) is 8.22. The molecular formula is C13H18N2O2S2. The van der Waals surface area contributed by atoms with Gasteiger partial charge >= 0.3 is 0 Å². The number of hydrogen-bond donors (Lipinski definition) is 0. The van der Waals surface area contributed by atoms with E-state index in [2.05, 4.69) is 17.3 Å². The van der Waals surface area contributed by atoms with E-state index in [0.717, 1.165) is 23.5 Å². The van der Waals surface area contributed by atoms with E-state index in [4.69, 9.17) is 0 Å². The Hall–Kier alpha value is -0.880. The Kier molecular flexibility index (Phi) is 4.99. The summed E-state index contributed by atoms with van der Waals surface area (Å²) in [7, 11) is 0. The molecule has 0 bridgehead atoms. The summed E-state index contributed by atoms with van der Waals surface area (Å²) in [5, 5.41) is 3.44. The van der Waals surface area contributed by atoms with Crippen molar-refractivity contribution in [3.63, 3.8) is 0 Å². The molecule has 0 aliphatic carbocycles. The average Bonchev–Trinajstić information content (AvgIpc) is 2.93. The summed E-state index contributed by atoms with van der Waals surface area (Å²) in [6, 6.07) is 0. The van der Waals surface area contributed by atoms with E-state index in [1.165, 1.54) is 11.8 Å². The Morgan fingerprint density at radius 2 is 2.42 bits per heavy atom. The van der Waals surface area contributed by atoms with Crippen LogP contribution >= 0.6 is 23.1 Å². The molecule has 0 saturated carbocycles. The molecule has 1 aromatic heterocycles. The molecule has 6 heteroatoms. The predicted molar refractivity (Wildman–Crippen MR) is 78.5 cm³/mol. The third kappa shape index (κ3) is 4.04. The maximum atomic E-state index is 11.8. The van der Waals surface area contributed by atoms with Crippen molar-refractivity contribution in [1.82, 2.24) is 9.88 Å². The monoisotopic (exact) mass is 298 g/mol. The molecule has 4 nitrogen and oxygen atoms in total. The SMILES string of the molecule is CCc1nc(CCN2CC(SC(C)=O)CC2=O)cs1. The van der Waals surface area contributed by atoms with Crippen LogP contribution < -0.4 is 0 Å². The number of amides is 1. The van der Waals surface area contributed by atoms with Gasteiger partial charge in [-0.3, -0.25) is 9.59 Å². The van der Waals surface area contributed by atoms with E-state index in [-0.39, 0.29) is 16.3 Å². The molecule has 1 atom stereocenters. The maximum Gasteiger partial charge on any atom is 0.223 e. The van der Waals surface area contributed by atoms with Crippen LogP contribution in [0.1, 0.15) is 31.0 Å². The number of carbonyl (C=O) groups is 2. The van der Waals surface area contributed by atoms with Crippen molar-refractivity contribution in [3.05, 3.63) is 16.1 Å². The van der Waals surface area contributed by atoms with E-state index < -0.39 is 0 Å². The van der Waals surface area contributed by atoms with Crippen LogP contribution in [-0.4, -0.2) is 39.2 Å². The van der Waals surface area contributed by atoms with Crippen molar-refractivity contribution in [3.8, 4) is 0 Å². The van der Waals surface area contributed by atoms with Crippen LogP contribution in [0, 0.1) is 0 Å². The van der Waals surface area contributed by atoms with Crippen molar-refractivity contribution < 1.29 is 9.59 Å². The molecular weight excluding hydrogens is 280 g/mol. The Balaban J connectivity index is 1.83. The molecule has 1 aliphatic rings. The third-order valence-electron chi connectivity index (χ3n) is 3.05. The fourth-order valence-electron chi connectivity index (χ4n) is 2.14. The lowest BCUT2D eigenvalue weighted by atomic mass is 10.3. The van der Waals surface area contributed by atoms with Gasteiger partial charge in [0.25, 0.3) is 0 Å². The van der Waals surface area contributed by atoms with E-state index in [1.54, 1.807) is 18.3 Å². The minimum absolute atomic E-state index is 0.0896. The van der Waals surface area contributed by atoms with Crippen LogP contribution in [0.25, 0.3) is 0 Å². The van der Waals surface area contributed by atoms with Gasteiger partial charge in [-0.15, -0.1) is 11.3 Å². The van der Waals surface area contributed by atoms with Gasteiger partial charge in [-0.05, 0) is 6.42 Å². The number of rotatable bonds is 5. The lowest BCUT2D eigenvalue weighted by Gasteiger charge is -2.15. The van der Waals surface area contributed by atoms with Gasteiger partial charge < -0.3 is 4.90 Å². The van der Waals surface area contributed by atoms with Crippen LogP contribution in [0.3, 0.4) is 0 Å². The van der Waals surface area contributed by atoms with Crippen LogP contribution in [-0.2, 0) is 22.4 Å². The largest absolute Gasteiger partial charge is 0.341 e. The molecule has 19 heavy (non-hydrogen) atoms. The quantitative estimate of drug-likeness (QED) is 0.835. The summed E-state index contributed by atoms with van der Waals surface area (Å²) in [5.41, 5.74) is 1.07. The van der Waals surface area contributed by atoms with Gasteiger partial charge in [-0.2, -0.15) is 0 Å². The van der Waals surface area contributed by atoms with Crippen molar-refractivity contribution in [2.75, 3.05) is 13.1 Å². The topological polar surface area (TPSA) is 50.3 Å². The number of aryl methyl sites for hydroxylation is 1. The number of aromatic nitrogens is 1. The van der Waals surface area contributed by atoms with Crippen LogP contribution in [0.2, 0.25) is 0 Å². The highest BCUT2D eigenvalue weighted by atomic mass is 32.2. The molecule has 1 aliphatic heterocycles. The van der Waals surface area contributed by atoms with Gasteiger partial charge in [0.15, 0.2) is 5.12 Å². The summed E-state index contributed by atoms with van der Waals surface area (Å²) in [4.78, 5) is 29.2. The van der Waals surface area contributed by atoms with Gasteiger partial charge in [0.05, 0.1) is 10.7 Å². The van der Waals surface area contributed by atoms with Gasteiger partial charge in [0.1, 0.15) is 0 Å². The third-order valence-corrected chi connectivity index (χ3v) is 5.07. The van der Waals surface area contributed by atoms with Crippen LogP contribution in [0.4, 0.5) is 0 Å². The molecule has 0 radical (unpaired) electrons. The van der Waals surface area contributed by atoms with E-state index in [9.17, 15) is 9.59 Å². The molecule has 0 spiro atoms. The molecule has 2 rings (SSSR count). The maximum absolute atomic E-state index is 11.8. The molecule has 104 valence electrons. The average molecular weight is 298 g/mol. The fraction of sp³-hybridized carbons (Fsp3) is 0.615. The summed E-state index contributed by atoms with van der Waals surface area (Å²) >= 11 is 2.96. The standard InChI is InChI=1S/C13H18N2O2S2/c1-3-12-14-10(8-18-12)4-5-15-7-11(6-13(15)17)19-9(2)16/h8,11H,3-7H2,1-2H3. The zero-order valence-corrected chi connectivity index (χ0v) is 12.9. The van der Waals surface area contributed by atoms with Gasteiger partial charge in [-0.25, -0.2) is 4.98 Å². The van der Waals surface area contributed by atoms with E-state index in [0.29, 0.717) is 19.5 Å². The van der Waals surface area contributed by atoms with Crippen molar-refractivity contribution in [2.45, 2.75) is 38.4 Å². The molecule has 1 amide bonds. The highest BCUT2D eigenvalue weighted by Gasteiger charge is 2.30. The molecule has 2 heterocycles. The number of hydrogen-bond acceptors (Lipinski definition) is 5. The first kappa shape index (κ1) is 14.5. The van der Waals surface area contributed by atoms with Gasteiger partial charge in [-0.1, -0.05) is 18.7 Å². The zero-order valence-electron chi connectivity index (χ0n) is 11.2. The minimum Gasteiger partial charge on any atom is -0.341 e. The first-order valence-electron chi connectivity index (χ1n) is 6.46. The lowest BCUT2D eigenvalue weighted by Crippen LogP contribution is -2.28. The lowest BCUT2D eigenvalue weighted by molar-refractivity contribution is -0.127. The second kappa shape index (κ2) is 6.52. The number of nitrogens with zero attached hydrogens (tertiary/aromatic N) is 2. The summed E-state index contributed by atoms with van der Waals surface area (Å²) in [6.07, 6.45) is 2.26. The van der Waals surface area contributed by atoms with Crippen molar-refractivity contribution in [2.24, 2.45) is 0 Å². The zero-order chi connectivity index (χ0) is 13.8. The number of thioether (sulfide) groups is 1. The molecule has 1 saturated heterocycles. The highest BCUT2D eigenvalue weighted by Crippen LogP contribution is 2.24. The molecule has 0 aromatic carbocycles. The molecule has 1 aromatic rings. The molecule has 1 fully saturated rings. The summed E-state index contributed by atoms with van der Waals surface area (Å²) < 4.78 is 0. The highest BCUT2D eigenvalue weighted by molar-refractivity contribution is 8.14. The summed E-state index contributed by atoms with van der Waals surface area (Å²) in [6.45, 7) is 5.05. The number of carbonyl (C=O) groups excluding carboxylic acids is 2. The van der Waals surface area contributed by atoms with Crippen LogP contribution in [0.15, 0.2) is 5.38 Å². The predicted octanol–water partition coefficient (Wildman–Crippen LogP) is 2.13. The molecule has 1 unspecified atom stereocenters. The normalized spacial score (nSPS) is 19.2. The minimum atomic E-state index is 0.0896. The van der Waals surface area contributed by atoms with E-state index in [1.807, 2.05) is 4.90 Å². The Morgan fingerprint density at radius 3 is 3.05 bits per heavy atom. The first-order chi connectivity index (χ1) is 9.08. The van der Waals surface area contributed by atoms with Gasteiger partial charge in [0.2, 0.25) is 5.91 Å². The summed E-state index contributed by atoms with van der Waals surface area (Å²) in [5.74, 6) is 0.157. The second-order valence-electron chi connectivity index (χ2n) is 4.61. The van der Waals surface area contributed by atoms with Crippen LogP contribution in [0.5, 0.6) is 0 Å². The van der Waals surface area contributed by atoms with Crippen molar-refractivity contribution in [1.29, 1.82) is 0 Å². The smallest absolute Gasteiger partial charge is 0.223 e. The number of thiazole rings is 1. The van der Waals surface area contributed by atoms with E-state index >= 15 is 0 Å². The molecule has 0 N–H and O–H groups in total. The Morgan fingerprint density at radius 1 is 1.63 bits per heavy atom. The van der Waals surface area contributed by atoms with Crippen molar-refractivity contribution >= 4 is 34.1 Å². The second-order valence-corrected chi connectivity index (χ2v) is 7.03. The Bertz CT molecular complexity index is 473. The fourth-order valence-corrected chi connectivity index (χ4v) is 3.87. The Labute approximate surface area is 121 Å². The number of likely N-dealkylation sites (tertiary alicyclic amines) is 1. The van der Waals surface area contributed by atoms with Gasteiger partial charge in [0, 0.05) is 43.5 Å².